The van der Waals surface area contributed by atoms with Crippen molar-refractivity contribution in [3.63, 3.8) is 0 Å². The van der Waals surface area contributed by atoms with Gasteiger partial charge in [-0.25, -0.2) is 0 Å². The van der Waals surface area contributed by atoms with Crippen LogP contribution in [-0.2, 0) is 4.74 Å². The maximum Gasteiger partial charge on any atom is 0.105 e. The number of para-hydroxylation sites is 1. The Kier molecular flexibility index (Phi) is 4.62. The van der Waals surface area contributed by atoms with E-state index in [-0.39, 0.29) is 0 Å². The molecule has 2 heteroatoms. The number of ether oxygens (including phenoxy) is 1. The van der Waals surface area contributed by atoms with E-state index in [1.807, 2.05) is 18.2 Å². The number of likely N-dealkylation sites (N-methyl/N-ethyl adjacent to an activating group) is 1. The van der Waals surface area contributed by atoms with Crippen molar-refractivity contribution in [2.75, 3.05) is 24.6 Å². The predicted octanol–water partition coefficient (Wildman–Crippen LogP) is 2.67. The second-order valence-electron chi connectivity index (χ2n) is 2.95. The van der Waals surface area contributed by atoms with Crippen LogP contribution in [0.3, 0.4) is 0 Å². The summed E-state index contributed by atoms with van der Waals surface area (Å²) < 4.78 is 5.11. The molecule has 1 rings (SSSR count). The number of nitrogens with zero attached hydrogens (tertiary/aromatic N) is 1. The lowest BCUT2D eigenvalue weighted by Crippen LogP contribution is -2.26. The number of rotatable bonds is 6. The molecule has 0 fully saturated rings. The molecule has 0 aliphatic carbocycles. The zero-order valence-electron chi connectivity index (χ0n) is 8.65. The van der Waals surface area contributed by atoms with Gasteiger partial charge in [-0.1, -0.05) is 24.8 Å². The first-order valence-corrected chi connectivity index (χ1v) is 4.91. The highest BCUT2D eigenvalue weighted by Crippen LogP contribution is 2.11. The van der Waals surface area contributed by atoms with Crippen LogP contribution in [0.2, 0.25) is 0 Å². The summed E-state index contributed by atoms with van der Waals surface area (Å²) in [5, 5.41) is 0. The lowest BCUT2D eigenvalue weighted by Gasteiger charge is -2.22. The fourth-order valence-corrected chi connectivity index (χ4v) is 1.35. The molecule has 0 amide bonds. The number of benzene rings is 1. The predicted molar refractivity (Wildman–Crippen MR) is 60.5 cm³/mol. The highest BCUT2D eigenvalue weighted by molar-refractivity contribution is 5.45. The van der Waals surface area contributed by atoms with Crippen molar-refractivity contribution in [3.8, 4) is 0 Å². The molecule has 0 N–H and O–H groups in total. The van der Waals surface area contributed by atoms with Crippen molar-refractivity contribution in [2.24, 2.45) is 0 Å². The van der Waals surface area contributed by atoms with Crippen LogP contribution in [0.4, 0.5) is 5.69 Å². The maximum atomic E-state index is 5.11. The molecule has 14 heavy (non-hydrogen) atoms. The van der Waals surface area contributed by atoms with Crippen LogP contribution >= 0.6 is 0 Å². The minimum absolute atomic E-state index is 0.687. The van der Waals surface area contributed by atoms with Crippen molar-refractivity contribution in [2.45, 2.75) is 6.92 Å². The van der Waals surface area contributed by atoms with Crippen LogP contribution < -0.4 is 4.90 Å². The molecule has 1 aromatic rings. The van der Waals surface area contributed by atoms with Gasteiger partial charge in [-0.2, -0.15) is 0 Å². The number of hydrogen-bond acceptors (Lipinski definition) is 2. The van der Waals surface area contributed by atoms with Crippen LogP contribution in [0.1, 0.15) is 6.92 Å². The molecule has 0 aliphatic rings. The fraction of sp³-hybridized carbons (Fsp3) is 0.333. The summed E-state index contributed by atoms with van der Waals surface area (Å²) in [6.45, 7) is 8.23. The maximum absolute atomic E-state index is 5.11. The third-order valence-electron chi connectivity index (χ3n) is 2.10. The molecule has 0 unspecified atom stereocenters. The minimum Gasteiger partial charge on any atom is -0.500 e. The minimum atomic E-state index is 0.687. The third-order valence-corrected chi connectivity index (χ3v) is 2.10. The molecular formula is C12H17NO. The second kappa shape index (κ2) is 6.08. The van der Waals surface area contributed by atoms with E-state index >= 15 is 0 Å². The van der Waals surface area contributed by atoms with Crippen molar-refractivity contribution in [1.82, 2.24) is 0 Å². The first kappa shape index (κ1) is 10.6. The summed E-state index contributed by atoms with van der Waals surface area (Å²) in [5.41, 5.74) is 1.24. The van der Waals surface area contributed by atoms with Gasteiger partial charge in [0.15, 0.2) is 0 Å². The SMILES string of the molecule is C=COCCN(CC)c1ccccc1. The quantitative estimate of drug-likeness (QED) is 0.506. The Hall–Kier alpha value is -1.44. The van der Waals surface area contributed by atoms with E-state index in [1.165, 1.54) is 11.9 Å². The van der Waals surface area contributed by atoms with Crippen molar-refractivity contribution in [3.05, 3.63) is 43.2 Å². The zero-order valence-corrected chi connectivity index (χ0v) is 8.65. The monoisotopic (exact) mass is 191 g/mol. The summed E-state index contributed by atoms with van der Waals surface area (Å²) in [4.78, 5) is 2.27. The molecule has 0 heterocycles. The lowest BCUT2D eigenvalue weighted by molar-refractivity contribution is 0.258. The van der Waals surface area contributed by atoms with Gasteiger partial charge in [-0.05, 0) is 19.1 Å². The van der Waals surface area contributed by atoms with E-state index in [1.54, 1.807) is 0 Å². The summed E-state index contributed by atoms with van der Waals surface area (Å²) in [6, 6.07) is 10.3. The van der Waals surface area contributed by atoms with Gasteiger partial charge in [0, 0.05) is 12.2 Å². The average molecular weight is 191 g/mol. The Morgan fingerprint density at radius 2 is 2.07 bits per heavy atom. The smallest absolute Gasteiger partial charge is 0.105 e. The fourth-order valence-electron chi connectivity index (χ4n) is 1.35. The van der Waals surface area contributed by atoms with Crippen molar-refractivity contribution < 1.29 is 4.74 Å². The Morgan fingerprint density at radius 3 is 2.64 bits per heavy atom. The van der Waals surface area contributed by atoms with Gasteiger partial charge in [0.2, 0.25) is 0 Å². The summed E-state index contributed by atoms with van der Waals surface area (Å²) in [6.07, 6.45) is 1.48. The molecule has 0 aliphatic heterocycles. The van der Waals surface area contributed by atoms with E-state index in [0.29, 0.717) is 6.61 Å². The molecule has 0 radical (unpaired) electrons. The second-order valence-corrected chi connectivity index (χ2v) is 2.95. The first-order chi connectivity index (χ1) is 6.88. The topological polar surface area (TPSA) is 12.5 Å². The van der Waals surface area contributed by atoms with Crippen molar-refractivity contribution in [1.29, 1.82) is 0 Å². The lowest BCUT2D eigenvalue weighted by atomic mass is 10.3. The molecule has 0 saturated heterocycles. The van der Waals surface area contributed by atoms with Crippen LogP contribution in [0.5, 0.6) is 0 Å². The summed E-state index contributed by atoms with van der Waals surface area (Å²) >= 11 is 0. The van der Waals surface area contributed by atoms with Crippen molar-refractivity contribution >= 4 is 5.69 Å². The number of hydrogen-bond donors (Lipinski definition) is 0. The van der Waals surface area contributed by atoms with Gasteiger partial charge in [0.25, 0.3) is 0 Å². The molecule has 0 aromatic heterocycles. The number of anilines is 1. The molecule has 1 aromatic carbocycles. The molecule has 0 spiro atoms. The standard InChI is InChI=1S/C12H17NO/c1-3-13(10-11-14-4-2)12-8-6-5-7-9-12/h4-9H,2-3,10-11H2,1H3. The molecule has 76 valence electrons. The summed E-state index contributed by atoms with van der Waals surface area (Å²) in [7, 11) is 0. The van der Waals surface area contributed by atoms with Crippen LogP contribution in [0.25, 0.3) is 0 Å². The van der Waals surface area contributed by atoms with Gasteiger partial charge in [0.1, 0.15) is 6.61 Å². The van der Waals surface area contributed by atoms with E-state index in [0.717, 1.165) is 13.1 Å². The molecule has 0 atom stereocenters. The van der Waals surface area contributed by atoms with E-state index < -0.39 is 0 Å². The van der Waals surface area contributed by atoms with Gasteiger partial charge < -0.3 is 9.64 Å². The van der Waals surface area contributed by atoms with Gasteiger partial charge in [0.05, 0.1) is 12.8 Å². The highest BCUT2D eigenvalue weighted by Gasteiger charge is 2.01. The van der Waals surface area contributed by atoms with Gasteiger partial charge in [-0.15, -0.1) is 0 Å². The molecule has 2 nitrogen and oxygen atoms in total. The normalized spacial score (nSPS) is 9.50. The highest BCUT2D eigenvalue weighted by atomic mass is 16.5. The van der Waals surface area contributed by atoms with Gasteiger partial charge in [-0.3, -0.25) is 0 Å². The van der Waals surface area contributed by atoms with E-state index in [4.69, 9.17) is 4.74 Å². The average Bonchev–Trinajstić information content (AvgIpc) is 2.26. The Labute approximate surface area is 85.8 Å². The zero-order chi connectivity index (χ0) is 10.2. The van der Waals surface area contributed by atoms with Crippen LogP contribution in [0, 0.1) is 0 Å². The Balaban J connectivity index is 2.50. The molecule has 0 bridgehead atoms. The Bertz CT molecular complexity index is 258. The first-order valence-electron chi connectivity index (χ1n) is 4.91. The molecular weight excluding hydrogens is 174 g/mol. The largest absolute Gasteiger partial charge is 0.500 e. The van der Waals surface area contributed by atoms with Crippen LogP contribution in [-0.4, -0.2) is 19.7 Å². The van der Waals surface area contributed by atoms with Gasteiger partial charge >= 0.3 is 0 Å². The summed E-state index contributed by atoms with van der Waals surface area (Å²) in [5.74, 6) is 0. The van der Waals surface area contributed by atoms with E-state index in [2.05, 4.69) is 30.5 Å². The Morgan fingerprint density at radius 1 is 1.36 bits per heavy atom. The third kappa shape index (κ3) is 3.13. The molecule has 0 saturated carbocycles. The van der Waals surface area contributed by atoms with E-state index in [9.17, 15) is 0 Å². The van der Waals surface area contributed by atoms with Crippen LogP contribution in [0.15, 0.2) is 43.2 Å².